The van der Waals surface area contributed by atoms with Gasteiger partial charge in [0.2, 0.25) is 6.54 Å². The molecule has 1 saturated heterocycles. The SMILES string of the molecule is CC(C)(C)OC(=O)N1CC(O)(CC[N+](=O)[O-])C1. The average molecular weight is 246 g/mol. The molecule has 1 heterocycles. The molecule has 1 aliphatic heterocycles. The second-order valence-corrected chi connectivity index (χ2v) is 5.37. The second-order valence-electron chi connectivity index (χ2n) is 5.37. The molecule has 0 atom stereocenters. The quantitative estimate of drug-likeness (QED) is 0.582. The van der Waals surface area contributed by atoms with Crippen LogP contribution in [-0.4, -0.2) is 51.9 Å². The predicted octanol–water partition coefficient (Wildman–Crippen LogP) is 0.635. The number of carbonyl (C=O) groups is 1. The van der Waals surface area contributed by atoms with Gasteiger partial charge in [0, 0.05) is 11.3 Å². The first-order valence-electron chi connectivity index (χ1n) is 5.43. The zero-order chi connectivity index (χ0) is 13.3. The van der Waals surface area contributed by atoms with E-state index in [0.717, 1.165) is 0 Å². The number of likely N-dealkylation sites (tertiary alicyclic amines) is 1. The Morgan fingerprint density at radius 1 is 1.53 bits per heavy atom. The Morgan fingerprint density at radius 2 is 2.06 bits per heavy atom. The van der Waals surface area contributed by atoms with Crippen molar-refractivity contribution in [3.63, 3.8) is 0 Å². The van der Waals surface area contributed by atoms with Crippen molar-refractivity contribution in [2.24, 2.45) is 0 Å². The van der Waals surface area contributed by atoms with Gasteiger partial charge in [0.1, 0.15) is 11.2 Å². The van der Waals surface area contributed by atoms with Crippen LogP contribution in [0.1, 0.15) is 27.2 Å². The van der Waals surface area contributed by atoms with E-state index < -0.39 is 22.2 Å². The van der Waals surface area contributed by atoms with Crippen LogP contribution in [-0.2, 0) is 4.74 Å². The standard InChI is InChI=1S/C10H18N2O5/c1-9(2,3)17-8(13)11-6-10(14,7-11)4-5-12(15)16/h14H,4-7H2,1-3H3. The molecule has 7 nitrogen and oxygen atoms in total. The number of ether oxygens (including phenoxy) is 1. The van der Waals surface area contributed by atoms with Gasteiger partial charge in [-0.1, -0.05) is 0 Å². The molecule has 98 valence electrons. The van der Waals surface area contributed by atoms with Gasteiger partial charge < -0.3 is 14.7 Å². The molecule has 0 aromatic carbocycles. The molecule has 1 amide bonds. The van der Waals surface area contributed by atoms with Gasteiger partial charge in [0.15, 0.2) is 0 Å². The summed E-state index contributed by atoms with van der Waals surface area (Å²) in [6.07, 6.45) is -0.442. The lowest BCUT2D eigenvalue weighted by molar-refractivity contribution is -0.484. The largest absolute Gasteiger partial charge is 0.444 e. The van der Waals surface area contributed by atoms with E-state index in [4.69, 9.17) is 4.74 Å². The normalized spacial score (nSPS) is 18.5. The molecular formula is C10H18N2O5. The number of hydrogen-bond donors (Lipinski definition) is 1. The molecule has 0 unspecified atom stereocenters. The molecule has 1 N–H and O–H groups in total. The van der Waals surface area contributed by atoms with Crippen molar-refractivity contribution >= 4 is 6.09 Å². The van der Waals surface area contributed by atoms with Crippen molar-refractivity contribution in [2.75, 3.05) is 19.6 Å². The van der Waals surface area contributed by atoms with Crippen molar-refractivity contribution < 1.29 is 19.6 Å². The zero-order valence-electron chi connectivity index (χ0n) is 10.3. The molecule has 0 bridgehead atoms. The molecule has 7 heteroatoms. The monoisotopic (exact) mass is 246 g/mol. The summed E-state index contributed by atoms with van der Waals surface area (Å²) in [5.74, 6) is 0. The fourth-order valence-electron chi connectivity index (χ4n) is 1.58. The van der Waals surface area contributed by atoms with E-state index in [1.165, 1.54) is 4.90 Å². The molecule has 1 rings (SSSR count). The summed E-state index contributed by atoms with van der Waals surface area (Å²) >= 11 is 0. The Bertz CT molecular complexity index is 317. The number of aliphatic hydroxyl groups is 1. The third-order valence-electron chi connectivity index (χ3n) is 2.38. The topological polar surface area (TPSA) is 92.9 Å². The van der Waals surface area contributed by atoms with Crippen molar-refractivity contribution in [3.05, 3.63) is 10.1 Å². The minimum Gasteiger partial charge on any atom is -0.444 e. The summed E-state index contributed by atoms with van der Waals surface area (Å²) in [7, 11) is 0. The number of β-amino-alcohol motifs (C(OH)–C–C–N with tert-alkyl or cyclic N) is 1. The fourth-order valence-corrected chi connectivity index (χ4v) is 1.58. The van der Waals surface area contributed by atoms with E-state index in [1.807, 2.05) is 0 Å². The Balaban J connectivity index is 2.35. The van der Waals surface area contributed by atoms with E-state index in [2.05, 4.69) is 0 Å². The first kappa shape index (κ1) is 13.7. The number of amides is 1. The molecule has 0 radical (unpaired) electrons. The Labute approximate surface area is 99.5 Å². The maximum atomic E-state index is 11.5. The zero-order valence-corrected chi connectivity index (χ0v) is 10.3. The minimum atomic E-state index is -1.13. The first-order valence-corrected chi connectivity index (χ1v) is 5.43. The molecule has 0 spiro atoms. The third kappa shape index (κ3) is 4.18. The summed E-state index contributed by atoms with van der Waals surface area (Å²) in [5.41, 5.74) is -1.71. The number of nitro groups is 1. The minimum absolute atomic E-state index is 0.0549. The number of hydrogen-bond acceptors (Lipinski definition) is 5. The summed E-state index contributed by atoms with van der Waals surface area (Å²) < 4.78 is 5.10. The molecule has 0 aromatic rings. The van der Waals surface area contributed by atoms with Gasteiger partial charge in [0.25, 0.3) is 0 Å². The molecule has 0 aliphatic carbocycles. The van der Waals surface area contributed by atoms with Crippen LogP contribution in [0.15, 0.2) is 0 Å². The van der Waals surface area contributed by atoms with E-state index in [-0.39, 0.29) is 26.1 Å². The predicted molar refractivity (Wildman–Crippen MR) is 59.2 cm³/mol. The molecule has 17 heavy (non-hydrogen) atoms. The van der Waals surface area contributed by atoms with Crippen LogP contribution in [0.25, 0.3) is 0 Å². The van der Waals surface area contributed by atoms with Crippen LogP contribution in [0, 0.1) is 10.1 Å². The van der Waals surface area contributed by atoms with Gasteiger partial charge in [-0.25, -0.2) is 4.79 Å². The molecule has 1 aliphatic rings. The molecule has 0 saturated carbocycles. The summed E-state index contributed by atoms with van der Waals surface area (Å²) in [6, 6.07) is 0. The van der Waals surface area contributed by atoms with Gasteiger partial charge in [-0.05, 0) is 20.8 Å². The van der Waals surface area contributed by atoms with Crippen molar-refractivity contribution in [1.29, 1.82) is 0 Å². The lowest BCUT2D eigenvalue weighted by atomic mass is 9.91. The van der Waals surface area contributed by atoms with E-state index in [0.29, 0.717) is 0 Å². The molecule has 1 fully saturated rings. The van der Waals surface area contributed by atoms with E-state index in [1.54, 1.807) is 20.8 Å². The highest BCUT2D eigenvalue weighted by molar-refractivity contribution is 5.69. The lowest BCUT2D eigenvalue weighted by Crippen LogP contribution is -2.64. The highest BCUT2D eigenvalue weighted by atomic mass is 16.6. The van der Waals surface area contributed by atoms with Gasteiger partial charge in [0.05, 0.1) is 13.1 Å². The summed E-state index contributed by atoms with van der Waals surface area (Å²) in [5, 5.41) is 20.0. The van der Waals surface area contributed by atoms with Crippen LogP contribution in [0.2, 0.25) is 0 Å². The third-order valence-corrected chi connectivity index (χ3v) is 2.38. The van der Waals surface area contributed by atoms with Gasteiger partial charge >= 0.3 is 6.09 Å². The first-order chi connectivity index (χ1) is 7.61. The molecule has 0 aromatic heterocycles. The van der Waals surface area contributed by atoms with Crippen LogP contribution in [0.3, 0.4) is 0 Å². The number of nitrogens with zero attached hydrogens (tertiary/aromatic N) is 2. The smallest absolute Gasteiger partial charge is 0.410 e. The van der Waals surface area contributed by atoms with Crippen molar-refractivity contribution in [3.8, 4) is 0 Å². The van der Waals surface area contributed by atoms with Crippen LogP contribution < -0.4 is 0 Å². The van der Waals surface area contributed by atoms with Crippen molar-refractivity contribution in [1.82, 2.24) is 4.90 Å². The van der Waals surface area contributed by atoms with Crippen molar-refractivity contribution in [2.45, 2.75) is 38.4 Å². The maximum absolute atomic E-state index is 11.5. The van der Waals surface area contributed by atoms with Crippen LogP contribution in [0.5, 0.6) is 0 Å². The highest BCUT2D eigenvalue weighted by Gasteiger charge is 2.45. The average Bonchev–Trinajstić information content (AvgIpc) is 2.07. The maximum Gasteiger partial charge on any atom is 0.410 e. The van der Waals surface area contributed by atoms with Gasteiger partial charge in [-0.2, -0.15) is 0 Å². The van der Waals surface area contributed by atoms with E-state index >= 15 is 0 Å². The Kier molecular flexibility index (Phi) is 3.61. The van der Waals surface area contributed by atoms with Crippen LogP contribution in [0.4, 0.5) is 4.79 Å². The fraction of sp³-hybridized carbons (Fsp3) is 0.900. The lowest BCUT2D eigenvalue weighted by Gasteiger charge is -2.45. The summed E-state index contributed by atoms with van der Waals surface area (Å²) in [6.45, 7) is 5.15. The highest BCUT2D eigenvalue weighted by Crippen LogP contribution is 2.26. The Hall–Kier alpha value is -1.37. The van der Waals surface area contributed by atoms with E-state index in [9.17, 15) is 20.0 Å². The Morgan fingerprint density at radius 3 is 2.47 bits per heavy atom. The number of rotatable bonds is 3. The number of carbonyl (C=O) groups excluding carboxylic acids is 1. The van der Waals surface area contributed by atoms with Gasteiger partial charge in [-0.3, -0.25) is 10.1 Å². The van der Waals surface area contributed by atoms with Crippen LogP contribution >= 0.6 is 0 Å². The van der Waals surface area contributed by atoms with Gasteiger partial charge in [-0.15, -0.1) is 0 Å². The summed E-state index contributed by atoms with van der Waals surface area (Å²) in [4.78, 5) is 22.6. The second kappa shape index (κ2) is 4.48. The molecular weight excluding hydrogens is 228 g/mol.